The molecular formula is C39H35N3O6. The molecule has 0 aliphatic heterocycles. The Balaban J connectivity index is 0.928. The fourth-order valence-corrected chi connectivity index (χ4v) is 5.21. The molecule has 0 fully saturated rings. The summed E-state index contributed by atoms with van der Waals surface area (Å²) in [5.41, 5.74) is 4.04. The maximum Gasteiger partial charge on any atom is 0.193 e. The van der Waals surface area contributed by atoms with E-state index in [1.165, 1.54) is 12.1 Å². The number of nitrogens with zero attached hydrogens (tertiary/aromatic N) is 3. The lowest BCUT2D eigenvalue weighted by molar-refractivity contribution is 0.104. The van der Waals surface area contributed by atoms with Gasteiger partial charge in [-0.05, 0) is 79.8 Å². The van der Waals surface area contributed by atoms with Crippen LogP contribution in [0.25, 0.3) is 28.4 Å². The van der Waals surface area contributed by atoms with Gasteiger partial charge in [0, 0.05) is 17.8 Å². The number of carbonyl (C=O) groups is 1. The lowest BCUT2D eigenvalue weighted by atomic mass is 10.1. The highest BCUT2D eigenvalue weighted by molar-refractivity contribution is 6.08. The molecule has 0 unspecified atom stereocenters. The van der Waals surface area contributed by atoms with Crippen molar-refractivity contribution in [2.75, 3.05) is 13.2 Å². The average Bonchev–Trinajstić information content (AvgIpc) is 3.55. The van der Waals surface area contributed by atoms with Crippen molar-refractivity contribution < 1.29 is 23.8 Å². The van der Waals surface area contributed by atoms with E-state index in [4.69, 9.17) is 13.9 Å². The quantitative estimate of drug-likeness (QED) is 0.0741. The lowest BCUT2D eigenvalue weighted by Gasteiger charge is -2.09. The van der Waals surface area contributed by atoms with Crippen LogP contribution < -0.4 is 14.9 Å². The number of hydrogen-bond acceptors (Lipinski definition) is 8. The average molecular weight is 642 g/mol. The van der Waals surface area contributed by atoms with Crippen molar-refractivity contribution in [3.63, 3.8) is 0 Å². The minimum absolute atomic E-state index is 0.0168. The van der Waals surface area contributed by atoms with Gasteiger partial charge in [0.1, 0.15) is 23.9 Å². The second-order valence-corrected chi connectivity index (χ2v) is 11.4. The summed E-state index contributed by atoms with van der Waals surface area (Å²) in [5.74, 6) is 1.48. The smallest absolute Gasteiger partial charge is 0.193 e. The van der Waals surface area contributed by atoms with E-state index in [-0.39, 0.29) is 22.5 Å². The predicted octanol–water partition coefficient (Wildman–Crippen LogP) is 7.44. The monoisotopic (exact) mass is 641 g/mol. The van der Waals surface area contributed by atoms with Crippen LogP contribution in [0.5, 0.6) is 17.2 Å². The second-order valence-electron chi connectivity index (χ2n) is 11.4. The molecule has 9 nitrogen and oxygen atoms in total. The standard InChI is InChI=1S/C39H35N3O6/c1-27-13-19-32(35(44)24-27)34(43)20-16-28-14-17-31(18-15-28)46-22-6-5-10-30-26-42(41-40-30)21-23-47-37-12-7-11-33-36(45)25-38(48-39(33)37)29-8-3-2-4-9-29/h2-4,7-9,11-20,24-26,44H,5-6,10,21-23H2,1H3/b20-16+. The Morgan fingerprint density at radius 2 is 1.75 bits per heavy atom. The van der Waals surface area contributed by atoms with Crippen molar-refractivity contribution in [2.24, 2.45) is 0 Å². The minimum atomic E-state index is -0.254. The third-order valence-electron chi connectivity index (χ3n) is 7.76. The number of aryl methyl sites for hydroxylation is 2. The largest absolute Gasteiger partial charge is 0.507 e. The van der Waals surface area contributed by atoms with Crippen LogP contribution in [-0.2, 0) is 13.0 Å². The Kier molecular flexibility index (Phi) is 10.1. The number of fused-ring (bicyclic) bond motifs is 1. The number of ketones is 1. The number of allylic oxidation sites excluding steroid dienone is 1. The highest BCUT2D eigenvalue weighted by Crippen LogP contribution is 2.28. The van der Waals surface area contributed by atoms with Crippen LogP contribution in [-0.4, -0.2) is 39.1 Å². The third kappa shape index (κ3) is 8.06. The number of rotatable bonds is 14. The van der Waals surface area contributed by atoms with Crippen LogP contribution in [0.15, 0.2) is 119 Å². The highest BCUT2D eigenvalue weighted by atomic mass is 16.5. The first-order chi connectivity index (χ1) is 23.4. The zero-order chi connectivity index (χ0) is 33.3. The van der Waals surface area contributed by atoms with E-state index >= 15 is 0 Å². The molecule has 0 radical (unpaired) electrons. The van der Waals surface area contributed by atoms with Crippen LogP contribution in [0, 0.1) is 6.92 Å². The van der Waals surface area contributed by atoms with Crippen molar-refractivity contribution >= 4 is 22.8 Å². The topological polar surface area (TPSA) is 117 Å². The van der Waals surface area contributed by atoms with Gasteiger partial charge in [-0.15, -0.1) is 5.10 Å². The van der Waals surface area contributed by atoms with Gasteiger partial charge in [-0.25, -0.2) is 4.68 Å². The van der Waals surface area contributed by atoms with Gasteiger partial charge in [0.05, 0.1) is 29.8 Å². The second kappa shape index (κ2) is 15.1. The maximum atomic E-state index is 12.8. The van der Waals surface area contributed by atoms with Crippen LogP contribution in [0.3, 0.4) is 0 Å². The number of aromatic hydroxyl groups is 1. The molecule has 0 saturated heterocycles. The lowest BCUT2D eigenvalue weighted by Crippen LogP contribution is -2.09. The van der Waals surface area contributed by atoms with Crippen molar-refractivity contribution in [3.8, 4) is 28.6 Å². The molecule has 2 aromatic heterocycles. The van der Waals surface area contributed by atoms with Crippen LogP contribution in [0.4, 0.5) is 0 Å². The summed E-state index contributed by atoms with van der Waals surface area (Å²) in [6.07, 6.45) is 7.60. The Morgan fingerprint density at radius 3 is 2.56 bits per heavy atom. The Bertz CT molecular complexity index is 2100. The van der Waals surface area contributed by atoms with E-state index in [1.807, 2.05) is 67.7 Å². The fraction of sp³-hybridized carbons (Fsp3) is 0.179. The SMILES string of the molecule is Cc1ccc(C(=O)/C=C/c2ccc(OCCCCc3cn(CCOc4cccc5c(=O)cc(-c6ccccc6)oc45)nn3)cc2)c(O)c1. The Morgan fingerprint density at radius 1 is 0.917 bits per heavy atom. The number of phenolic OH excluding ortho intramolecular Hbond substituents is 1. The first kappa shape index (κ1) is 32.0. The zero-order valence-corrected chi connectivity index (χ0v) is 26.5. The van der Waals surface area contributed by atoms with Crippen LogP contribution in [0.2, 0.25) is 0 Å². The van der Waals surface area contributed by atoms with Crippen molar-refractivity contribution in [3.05, 3.63) is 142 Å². The van der Waals surface area contributed by atoms with E-state index in [0.717, 1.165) is 47.4 Å². The normalized spacial score (nSPS) is 11.3. The number of aromatic nitrogens is 3. The van der Waals surface area contributed by atoms with Gasteiger partial charge in [-0.2, -0.15) is 0 Å². The first-order valence-corrected chi connectivity index (χ1v) is 15.8. The Labute approximate surface area is 277 Å². The number of ether oxygens (including phenoxy) is 2. The van der Waals surface area contributed by atoms with Crippen LogP contribution in [0.1, 0.15) is 40.0 Å². The highest BCUT2D eigenvalue weighted by Gasteiger charge is 2.12. The molecule has 2 heterocycles. The molecular weight excluding hydrogens is 606 g/mol. The molecule has 242 valence electrons. The van der Waals surface area contributed by atoms with E-state index in [1.54, 1.807) is 47.2 Å². The van der Waals surface area contributed by atoms with E-state index in [9.17, 15) is 14.7 Å². The fourth-order valence-electron chi connectivity index (χ4n) is 5.21. The number of unbranched alkanes of at least 4 members (excludes halogenated alkanes) is 1. The summed E-state index contributed by atoms with van der Waals surface area (Å²) < 4.78 is 19.8. The van der Waals surface area contributed by atoms with Crippen LogP contribution >= 0.6 is 0 Å². The predicted molar refractivity (Wildman–Crippen MR) is 185 cm³/mol. The molecule has 0 amide bonds. The number of benzene rings is 4. The molecule has 9 heteroatoms. The first-order valence-electron chi connectivity index (χ1n) is 15.8. The third-order valence-corrected chi connectivity index (χ3v) is 7.76. The Hall–Kier alpha value is -5.96. The molecule has 0 saturated carbocycles. The number of para-hydroxylation sites is 1. The molecule has 0 aliphatic carbocycles. The van der Waals surface area contributed by atoms with Gasteiger partial charge < -0.3 is 19.0 Å². The van der Waals surface area contributed by atoms with Crippen molar-refractivity contribution in [1.82, 2.24) is 15.0 Å². The van der Waals surface area contributed by atoms with E-state index in [2.05, 4.69) is 10.3 Å². The summed E-state index contributed by atoms with van der Waals surface area (Å²) >= 11 is 0. The van der Waals surface area contributed by atoms with Crippen molar-refractivity contribution in [2.45, 2.75) is 32.7 Å². The summed E-state index contributed by atoms with van der Waals surface area (Å²) in [7, 11) is 0. The van der Waals surface area contributed by atoms with Gasteiger partial charge in [0.15, 0.2) is 22.5 Å². The van der Waals surface area contributed by atoms with Crippen molar-refractivity contribution in [1.29, 1.82) is 0 Å². The molecule has 0 aliphatic rings. The summed E-state index contributed by atoms with van der Waals surface area (Å²) in [5, 5.41) is 19.0. The molecule has 0 spiro atoms. The van der Waals surface area contributed by atoms with Gasteiger partial charge in [-0.1, -0.05) is 65.9 Å². The summed E-state index contributed by atoms with van der Waals surface area (Å²) in [4.78, 5) is 25.2. The molecule has 48 heavy (non-hydrogen) atoms. The molecule has 1 N–H and O–H groups in total. The maximum absolute atomic E-state index is 12.8. The summed E-state index contributed by atoms with van der Waals surface area (Å²) in [6.45, 7) is 3.24. The van der Waals surface area contributed by atoms with E-state index < -0.39 is 0 Å². The molecule has 4 aromatic carbocycles. The van der Waals surface area contributed by atoms with Gasteiger partial charge >= 0.3 is 0 Å². The van der Waals surface area contributed by atoms with Gasteiger partial charge in [0.25, 0.3) is 0 Å². The van der Waals surface area contributed by atoms with Gasteiger partial charge in [-0.3, -0.25) is 9.59 Å². The molecule has 0 atom stereocenters. The van der Waals surface area contributed by atoms with E-state index in [0.29, 0.717) is 42.2 Å². The molecule has 0 bridgehead atoms. The zero-order valence-electron chi connectivity index (χ0n) is 26.5. The summed E-state index contributed by atoms with van der Waals surface area (Å²) in [6, 6.07) is 28.8. The number of phenols is 1. The molecule has 6 aromatic rings. The number of carbonyl (C=O) groups excluding carboxylic acids is 1. The molecule has 6 rings (SSSR count). The number of hydrogen-bond donors (Lipinski definition) is 1. The van der Waals surface area contributed by atoms with Gasteiger partial charge in [0.2, 0.25) is 0 Å². The minimum Gasteiger partial charge on any atom is -0.507 e.